The minimum absolute atomic E-state index is 0.761. The van der Waals surface area contributed by atoms with Crippen LogP contribution in [0, 0.1) is 0 Å². The third-order valence-corrected chi connectivity index (χ3v) is 4.82. The molecule has 0 spiro atoms. The molecular formula is C24H19N5. The first kappa shape index (κ1) is 17.1. The molecule has 29 heavy (non-hydrogen) atoms. The number of nitrogens with one attached hydrogen (secondary N) is 2. The van der Waals surface area contributed by atoms with E-state index >= 15 is 0 Å². The first-order valence-electron chi connectivity index (χ1n) is 9.50. The van der Waals surface area contributed by atoms with Crippen molar-refractivity contribution in [3.63, 3.8) is 0 Å². The summed E-state index contributed by atoms with van der Waals surface area (Å²) in [4.78, 5) is 17.0. The summed E-state index contributed by atoms with van der Waals surface area (Å²) in [7, 11) is 0. The number of benzene rings is 2. The zero-order chi connectivity index (χ0) is 19.5. The monoisotopic (exact) mass is 377 g/mol. The smallest absolute Gasteiger partial charge is 0.156 e. The maximum absolute atomic E-state index is 4.83. The number of hydrogen-bond acceptors (Lipinski definition) is 4. The fraction of sp³-hybridized carbons (Fsp3) is 0.0417. The van der Waals surface area contributed by atoms with Crippen LogP contribution >= 0.6 is 0 Å². The van der Waals surface area contributed by atoms with Crippen molar-refractivity contribution < 1.29 is 0 Å². The summed E-state index contributed by atoms with van der Waals surface area (Å²) in [5, 5.41) is 3.49. The van der Waals surface area contributed by atoms with Crippen LogP contribution in [0.2, 0.25) is 0 Å². The number of anilines is 1. The number of aromatic amines is 1. The topological polar surface area (TPSA) is 66.5 Å². The third-order valence-electron chi connectivity index (χ3n) is 4.82. The number of nitrogens with zero attached hydrogens (tertiary/aromatic N) is 3. The molecule has 0 amide bonds. The molecule has 0 saturated carbocycles. The number of H-pyrrole nitrogens is 1. The molecule has 5 rings (SSSR count). The van der Waals surface area contributed by atoms with E-state index in [1.54, 1.807) is 12.4 Å². The van der Waals surface area contributed by atoms with Crippen molar-refractivity contribution >= 4 is 16.9 Å². The lowest BCUT2D eigenvalue weighted by molar-refractivity contribution is 1.15. The second kappa shape index (κ2) is 7.56. The highest BCUT2D eigenvalue weighted by Gasteiger charge is 2.11. The van der Waals surface area contributed by atoms with E-state index in [1.165, 1.54) is 5.56 Å². The molecule has 0 saturated heterocycles. The van der Waals surface area contributed by atoms with Crippen molar-refractivity contribution in [3.8, 4) is 22.5 Å². The highest BCUT2D eigenvalue weighted by Crippen LogP contribution is 2.29. The van der Waals surface area contributed by atoms with E-state index in [0.717, 1.165) is 45.9 Å². The van der Waals surface area contributed by atoms with Crippen LogP contribution in [0.4, 0.5) is 5.69 Å². The van der Waals surface area contributed by atoms with E-state index < -0.39 is 0 Å². The third kappa shape index (κ3) is 3.58. The van der Waals surface area contributed by atoms with Crippen LogP contribution < -0.4 is 5.32 Å². The molecule has 140 valence electrons. The fourth-order valence-electron chi connectivity index (χ4n) is 3.35. The van der Waals surface area contributed by atoms with Gasteiger partial charge in [-0.2, -0.15) is 0 Å². The van der Waals surface area contributed by atoms with Gasteiger partial charge < -0.3 is 10.3 Å². The Morgan fingerprint density at radius 2 is 1.72 bits per heavy atom. The van der Waals surface area contributed by atoms with Gasteiger partial charge >= 0.3 is 0 Å². The van der Waals surface area contributed by atoms with Crippen LogP contribution in [0.15, 0.2) is 91.4 Å². The van der Waals surface area contributed by atoms with Crippen molar-refractivity contribution in [1.82, 2.24) is 19.9 Å². The SMILES string of the molecule is c1ccc(CNc2cccc(-c3c[nH]c4ncc(-c5ccccn5)nc34)c2)cc1. The number of pyridine rings is 1. The van der Waals surface area contributed by atoms with E-state index in [1.807, 2.05) is 30.5 Å². The zero-order valence-electron chi connectivity index (χ0n) is 15.7. The van der Waals surface area contributed by atoms with E-state index in [9.17, 15) is 0 Å². The second-order valence-corrected chi connectivity index (χ2v) is 6.79. The Morgan fingerprint density at radius 3 is 2.59 bits per heavy atom. The van der Waals surface area contributed by atoms with Crippen LogP contribution in [0.25, 0.3) is 33.7 Å². The van der Waals surface area contributed by atoms with Crippen molar-refractivity contribution in [2.75, 3.05) is 5.32 Å². The molecule has 0 aliphatic rings. The van der Waals surface area contributed by atoms with Gasteiger partial charge in [-0.15, -0.1) is 0 Å². The Labute approximate surface area is 168 Å². The Hall–Kier alpha value is -3.99. The molecule has 5 aromatic rings. The summed E-state index contributed by atoms with van der Waals surface area (Å²) in [5.74, 6) is 0. The molecule has 3 aromatic heterocycles. The lowest BCUT2D eigenvalue weighted by Gasteiger charge is -2.08. The van der Waals surface area contributed by atoms with Crippen LogP contribution in [-0.4, -0.2) is 19.9 Å². The first-order chi connectivity index (χ1) is 14.4. The molecule has 5 heteroatoms. The maximum atomic E-state index is 4.83. The van der Waals surface area contributed by atoms with Crippen LogP contribution in [-0.2, 0) is 6.54 Å². The molecule has 0 atom stereocenters. The summed E-state index contributed by atoms with van der Waals surface area (Å²) in [5.41, 5.74) is 7.60. The first-order valence-corrected chi connectivity index (χ1v) is 9.50. The van der Waals surface area contributed by atoms with Crippen molar-refractivity contribution in [1.29, 1.82) is 0 Å². The molecular weight excluding hydrogens is 358 g/mol. The Bertz CT molecular complexity index is 1250. The Balaban J connectivity index is 1.47. The van der Waals surface area contributed by atoms with Crippen LogP contribution in [0.1, 0.15) is 5.56 Å². The number of rotatable bonds is 5. The summed E-state index contributed by atoms with van der Waals surface area (Å²) in [6.45, 7) is 0.780. The van der Waals surface area contributed by atoms with Gasteiger partial charge in [-0.3, -0.25) is 4.98 Å². The lowest BCUT2D eigenvalue weighted by Crippen LogP contribution is -1.99. The Morgan fingerprint density at radius 1 is 0.828 bits per heavy atom. The minimum atomic E-state index is 0.761. The standard InChI is InChI=1S/C24H19N5/c1-2-7-17(8-3-1)14-26-19-10-6-9-18(13-19)20-15-27-24-23(20)29-22(16-28-24)21-11-4-5-12-25-21/h1-13,15-16,26H,14H2,(H,27,28). The van der Waals surface area contributed by atoms with Gasteiger partial charge in [-0.1, -0.05) is 48.5 Å². The zero-order valence-corrected chi connectivity index (χ0v) is 15.7. The van der Waals surface area contributed by atoms with Gasteiger partial charge in [-0.05, 0) is 35.4 Å². The average molecular weight is 377 g/mol. The number of aromatic nitrogens is 4. The number of hydrogen-bond donors (Lipinski definition) is 2. The van der Waals surface area contributed by atoms with Gasteiger partial charge in [0.25, 0.3) is 0 Å². The van der Waals surface area contributed by atoms with Crippen molar-refractivity contribution in [3.05, 3.63) is 97.0 Å². The van der Waals surface area contributed by atoms with Gasteiger partial charge in [0.2, 0.25) is 0 Å². The van der Waals surface area contributed by atoms with E-state index in [-0.39, 0.29) is 0 Å². The molecule has 0 fully saturated rings. The van der Waals surface area contributed by atoms with Crippen LogP contribution in [0.5, 0.6) is 0 Å². The summed E-state index contributed by atoms with van der Waals surface area (Å²) in [6, 6.07) is 24.5. The fourth-order valence-corrected chi connectivity index (χ4v) is 3.35. The summed E-state index contributed by atoms with van der Waals surface area (Å²) in [6.07, 6.45) is 5.48. The van der Waals surface area contributed by atoms with E-state index in [4.69, 9.17) is 4.98 Å². The van der Waals surface area contributed by atoms with Gasteiger partial charge in [0.15, 0.2) is 5.65 Å². The van der Waals surface area contributed by atoms with Gasteiger partial charge in [-0.25, -0.2) is 9.97 Å². The van der Waals surface area contributed by atoms with Gasteiger partial charge in [0, 0.05) is 30.2 Å². The Kier molecular flexibility index (Phi) is 4.47. The summed E-state index contributed by atoms with van der Waals surface area (Å²) < 4.78 is 0. The van der Waals surface area contributed by atoms with E-state index in [0.29, 0.717) is 0 Å². The normalized spacial score (nSPS) is 10.9. The predicted octanol–water partition coefficient (Wildman–Crippen LogP) is 5.30. The molecule has 0 aliphatic heterocycles. The minimum Gasteiger partial charge on any atom is -0.381 e. The molecule has 2 aromatic carbocycles. The number of fused-ring (bicyclic) bond motifs is 1. The highest BCUT2D eigenvalue weighted by atomic mass is 14.9. The molecule has 0 radical (unpaired) electrons. The largest absolute Gasteiger partial charge is 0.381 e. The molecule has 0 aliphatic carbocycles. The molecule has 0 bridgehead atoms. The van der Waals surface area contributed by atoms with Crippen molar-refractivity contribution in [2.24, 2.45) is 0 Å². The predicted molar refractivity (Wildman–Crippen MR) is 116 cm³/mol. The molecule has 3 heterocycles. The lowest BCUT2D eigenvalue weighted by atomic mass is 10.1. The van der Waals surface area contributed by atoms with E-state index in [2.05, 4.69) is 68.8 Å². The maximum Gasteiger partial charge on any atom is 0.156 e. The van der Waals surface area contributed by atoms with Crippen molar-refractivity contribution in [2.45, 2.75) is 6.54 Å². The summed E-state index contributed by atoms with van der Waals surface area (Å²) >= 11 is 0. The molecule has 2 N–H and O–H groups in total. The second-order valence-electron chi connectivity index (χ2n) is 6.79. The highest BCUT2D eigenvalue weighted by molar-refractivity contribution is 5.92. The quantitative estimate of drug-likeness (QED) is 0.436. The molecule has 0 unspecified atom stereocenters. The van der Waals surface area contributed by atoms with Gasteiger partial charge in [0.05, 0.1) is 11.9 Å². The van der Waals surface area contributed by atoms with Crippen LogP contribution in [0.3, 0.4) is 0 Å². The average Bonchev–Trinajstić information content (AvgIpc) is 3.22. The molecule has 5 nitrogen and oxygen atoms in total. The van der Waals surface area contributed by atoms with Gasteiger partial charge in [0.1, 0.15) is 11.2 Å².